The van der Waals surface area contributed by atoms with Crippen LogP contribution in [0.1, 0.15) is 45.8 Å². The molecule has 2 heteroatoms. The predicted octanol–water partition coefficient (Wildman–Crippen LogP) is 3.59. The quantitative estimate of drug-likeness (QED) is 0.617. The third-order valence-electron chi connectivity index (χ3n) is 3.41. The van der Waals surface area contributed by atoms with Gasteiger partial charge in [-0.2, -0.15) is 0 Å². The maximum atomic E-state index is 11.3. The van der Waals surface area contributed by atoms with Gasteiger partial charge in [0.2, 0.25) is 0 Å². The van der Waals surface area contributed by atoms with Gasteiger partial charge in [0.25, 0.3) is 0 Å². The van der Waals surface area contributed by atoms with E-state index in [9.17, 15) is 4.79 Å². The molecular weight excluding hydrogens is 210 g/mol. The lowest BCUT2D eigenvalue weighted by atomic mass is 9.94. The molecule has 2 rings (SSSR count). The van der Waals surface area contributed by atoms with Crippen LogP contribution in [0.2, 0.25) is 0 Å². The second-order valence-corrected chi connectivity index (χ2v) is 4.76. The lowest BCUT2D eigenvalue weighted by Crippen LogP contribution is -2.06. The van der Waals surface area contributed by atoms with E-state index in [0.29, 0.717) is 5.92 Å². The number of anilines is 1. The van der Waals surface area contributed by atoms with Gasteiger partial charge in [-0.1, -0.05) is 12.1 Å². The summed E-state index contributed by atoms with van der Waals surface area (Å²) in [4.78, 5) is 11.3. The lowest BCUT2D eigenvalue weighted by Gasteiger charge is -2.16. The number of aldehydes is 1. The first-order valence-corrected chi connectivity index (χ1v) is 6.13. The molecule has 0 bridgehead atoms. The average Bonchev–Trinajstić information content (AvgIpc) is 3.12. The summed E-state index contributed by atoms with van der Waals surface area (Å²) >= 11 is 0. The predicted molar refractivity (Wildman–Crippen MR) is 72.0 cm³/mol. The minimum Gasteiger partial charge on any atom is -0.381 e. The number of benzene rings is 1. The van der Waals surface area contributed by atoms with Crippen LogP contribution in [-0.4, -0.2) is 12.8 Å². The van der Waals surface area contributed by atoms with E-state index in [-0.39, 0.29) is 0 Å². The van der Waals surface area contributed by atoms with E-state index in [0.717, 1.165) is 29.6 Å². The average molecular weight is 229 g/mol. The minimum atomic E-state index is 0.612. The van der Waals surface area contributed by atoms with Crippen molar-refractivity contribution in [2.24, 2.45) is 0 Å². The first-order chi connectivity index (χ1) is 8.19. The molecule has 1 aliphatic carbocycles. The number of carbonyl (C=O) groups is 1. The van der Waals surface area contributed by atoms with Crippen LogP contribution >= 0.6 is 0 Å². The van der Waals surface area contributed by atoms with Crippen molar-refractivity contribution >= 4 is 12.0 Å². The van der Waals surface area contributed by atoms with Crippen LogP contribution < -0.4 is 5.32 Å². The van der Waals surface area contributed by atoms with Crippen LogP contribution in [0, 0.1) is 13.8 Å². The van der Waals surface area contributed by atoms with Crippen molar-refractivity contribution in [3.05, 3.63) is 41.0 Å². The number of carbonyl (C=O) groups excluding carboxylic acids is 1. The van der Waals surface area contributed by atoms with Gasteiger partial charge >= 0.3 is 0 Å². The van der Waals surface area contributed by atoms with E-state index < -0.39 is 0 Å². The Labute approximate surface area is 103 Å². The fraction of sp³-hybridized carbons (Fsp3) is 0.400. The molecule has 2 nitrogen and oxygen atoms in total. The molecular formula is C15H19NO. The first-order valence-electron chi connectivity index (χ1n) is 6.13. The van der Waals surface area contributed by atoms with E-state index >= 15 is 0 Å². The highest BCUT2D eigenvalue weighted by atomic mass is 16.1. The lowest BCUT2D eigenvalue weighted by molar-refractivity contribution is 0.112. The van der Waals surface area contributed by atoms with Gasteiger partial charge in [0, 0.05) is 17.8 Å². The highest BCUT2D eigenvalue weighted by Gasteiger charge is 2.27. The molecule has 0 radical (unpaired) electrons. The number of aryl methyl sites for hydroxylation is 1. The summed E-state index contributed by atoms with van der Waals surface area (Å²) in [7, 11) is 0. The molecule has 0 atom stereocenters. The summed E-state index contributed by atoms with van der Waals surface area (Å²) in [6.07, 6.45) is 5.27. The minimum absolute atomic E-state index is 0.612. The molecule has 1 aromatic carbocycles. The highest BCUT2D eigenvalue weighted by molar-refractivity contribution is 5.84. The van der Waals surface area contributed by atoms with Crippen LogP contribution in [0.25, 0.3) is 0 Å². The van der Waals surface area contributed by atoms with Gasteiger partial charge in [0.05, 0.1) is 0 Å². The zero-order valence-electron chi connectivity index (χ0n) is 10.5. The maximum absolute atomic E-state index is 11.3. The Kier molecular flexibility index (Phi) is 3.32. The van der Waals surface area contributed by atoms with Crippen LogP contribution in [-0.2, 0) is 0 Å². The molecule has 1 aromatic rings. The van der Waals surface area contributed by atoms with Crippen molar-refractivity contribution in [2.45, 2.75) is 32.6 Å². The van der Waals surface area contributed by atoms with E-state index in [2.05, 4.69) is 24.9 Å². The summed E-state index contributed by atoms with van der Waals surface area (Å²) < 4.78 is 0. The van der Waals surface area contributed by atoms with E-state index in [4.69, 9.17) is 0 Å². The van der Waals surface area contributed by atoms with Gasteiger partial charge in [-0.3, -0.25) is 4.79 Å². The molecule has 0 heterocycles. The molecule has 1 saturated carbocycles. The number of rotatable bonds is 5. The van der Waals surface area contributed by atoms with Gasteiger partial charge in [0.15, 0.2) is 6.29 Å². The summed E-state index contributed by atoms with van der Waals surface area (Å²) in [6, 6.07) is 2.17. The largest absolute Gasteiger partial charge is 0.381 e. The Morgan fingerprint density at radius 1 is 1.47 bits per heavy atom. The molecule has 0 amide bonds. The van der Waals surface area contributed by atoms with E-state index in [1.54, 1.807) is 0 Å². The molecule has 1 aliphatic rings. The van der Waals surface area contributed by atoms with Crippen LogP contribution in [0.15, 0.2) is 18.7 Å². The van der Waals surface area contributed by atoms with Gasteiger partial charge in [0.1, 0.15) is 0 Å². The normalized spacial score (nSPS) is 14.5. The van der Waals surface area contributed by atoms with Crippen molar-refractivity contribution < 1.29 is 4.79 Å². The zero-order chi connectivity index (χ0) is 12.4. The van der Waals surface area contributed by atoms with Crippen LogP contribution in [0.3, 0.4) is 0 Å². The van der Waals surface area contributed by atoms with E-state index in [1.807, 2.05) is 13.0 Å². The van der Waals surface area contributed by atoms with Crippen molar-refractivity contribution in [3.63, 3.8) is 0 Å². The number of hydrogen-bond acceptors (Lipinski definition) is 2. The smallest absolute Gasteiger partial charge is 0.150 e. The third-order valence-corrected chi connectivity index (χ3v) is 3.41. The Hall–Kier alpha value is -1.57. The Morgan fingerprint density at radius 3 is 2.71 bits per heavy atom. The van der Waals surface area contributed by atoms with Crippen molar-refractivity contribution in [2.75, 3.05) is 11.9 Å². The topological polar surface area (TPSA) is 29.1 Å². The maximum Gasteiger partial charge on any atom is 0.150 e. The standard InChI is InChI=1S/C15H19NO/c1-4-7-16-15-10(2)8-13(12-5-6-12)14(9-17)11(15)3/h4,8-9,12,16H,1,5-7H2,2-3H3. The molecule has 17 heavy (non-hydrogen) atoms. The molecule has 0 aliphatic heterocycles. The Morgan fingerprint density at radius 2 is 2.18 bits per heavy atom. The monoisotopic (exact) mass is 229 g/mol. The van der Waals surface area contributed by atoms with Crippen LogP contribution in [0.4, 0.5) is 5.69 Å². The van der Waals surface area contributed by atoms with Crippen molar-refractivity contribution in [1.29, 1.82) is 0 Å². The molecule has 0 unspecified atom stereocenters. The fourth-order valence-electron chi connectivity index (χ4n) is 2.36. The van der Waals surface area contributed by atoms with Crippen LogP contribution in [0.5, 0.6) is 0 Å². The van der Waals surface area contributed by atoms with Gasteiger partial charge < -0.3 is 5.32 Å². The summed E-state index contributed by atoms with van der Waals surface area (Å²) in [6.45, 7) is 8.54. The SMILES string of the molecule is C=CCNc1c(C)cc(C2CC2)c(C=O)c1C. The highest BCUT2D eigenvalue weighted by Crippen LogP contribution is 2.43. The van der Waals surface area contributed by atoms with Crippen molar-refractivity contribution in [3.8, 4) is 0 Å². The Bertz CT molecular complexity index is 458. The van der Waals surface area contributed by atoms with Gasteiger partial charge in [-0.05, 0) is 49.3 Å². The van der Waals surface area contributed by atoms with Gasteiger partial charge in [-0.25, -0.2) is 0 Å². The number of hydrogen-bond donors (Lipinski definition) is 1. The summed E-state index contributed by atoms with van der Waals surface area (Å²) in [5.41, 5.74) is 5.49. The number of nitrogens with one attached hydrogen (secondary N) is 1. The van der Waals surface area contributed by atoms with E-state index in [1.165, 1.54) is 24.0 Å². The molecule has 0 spiro atoms. The third kappa shape index (κ3) is 2.26. The fourth-order valence-corrected chi connectivity index (χ4v) is 2.36. The molecule has 0 saturated heterocycles. The Balaban J connectivity index is 2.46. The molecule has 1 N–H and O–H groups in total. The van der Waals surface area contributed by atoms with Crippen molar-refractivity contribution in [1.82, 2.24) is 0 Å². The summed E-state index contributed by atoms with van der Waals surface area (Å²) in [5, 5.41) is 3.32. The molecule has 1 fully saturated rings. The molecule has 90 valence electrons. The second-order valence-electron chi connectivity index (χ2n) is 4.76. The van der Waals surface area contributed by atoms with Gasteiger partial charge in [-0.15, -0.1) is 6.58 Å². The summed E-state index contributed by atoms with van der Waals surface area (Å²) in [5.74, 6) is 0.612. The second kappa shape index (κ2) is 4.74. The zero-order valence-corrected chi connectivity index (χ0v) is 10.5. The molecule has 0 aromatic heterocycles. The first kappa shape index (κ1) is 11.9.